The van der Waals surface area contributed by atoms with Gasteiger partial charge in [-0.05, 0) is 24.3 Å². The molecule has 0 amide bonds. The summed E-state index contributed by atoms with van der Waals surface area (Å²) in [6, 6.07) is 3.22. The molecule has 14 heavy (non-hydrogen) atoms. The van der Waals surface area contributed by atoms with Gasteiger partial charge < -0.3 is 10.2 Å². The molecule has 0 fully saturated rings. The third-order valence-electron chi connectivity index (χ3n) is 1.87. The van der Waals surface area contributed by atoms with E-state index in [1.807, 2.05) is 19.1 Å². The Morgan fingerprint density at radius 3 is 2.79 bits per heavy atom. The van der Waals surface area contributed by atoms with Gasteiger partial charge in [0.25, 0.3) is 0 Å². The van der Waals surface area contributed by atoms with Crippen LogP contribution in [0.25, 0.3) is 0 Å². The molecule has 1 atom stereocenters. The maximum atomic E-state index is 5.87. The van der Waals surface area contributed by atoms with Crippen LogP contribution in [-0.2, 0) is 7.05 Å². The molecule has 0 bridgehead atoms. The summed E-state index contributed by atoms with van der Waals surface area (Å²) < 4.78 is 5.37. The summed E-state index contributed by atoms with van der Waals surface area (Å²) in [7, 11) is 1.69. The lowest BCUT2D eigenvalue weighted by molar-refractivity contribution is 0.459. The maximum Gasteiger partial charge on any atom is 0.199 e. The van der Waals surface area contributed by atoms with Gasteiger partial charge in [0, 0.05) is 0 Å². The first-order valence-corrected chi connectivity index (χ1v) is 4.22. The fourth-order valence-corrected chi connectivity index (χ4v) is 1.17. The SMILES string of the molecule is Cc1ccc(C(N)c2nnn(C)n2)o1. The molecule has 0 aliphatic rings. The lowest BCUT2D eigenvalue weighted by atomic mass is 10.2. The maximum absolute atomic E-state index is 5.87. The van der Waals surface area contributed by atoms with Crippen molar-refractivity contribution in [3.05, 3.63) is 29.5 Å². The van der Waals surface area contributed by atoms with Crippen LogP contribution in [0.5, 0.6) is 0 Å². The number of nitrogens with two attached hydrogens (primary N) is 1. The van der Waals surface area contributed by atoms with Crippen molar-refractivity contribution >= 4 is 0 Å². The van der Waals surface area contributed by atoms with Gasteiger partial charge in [0.15, 0.2) is 5.82 Å². The predicted molar refractivity (Wildman–Crippen MR) is 48.3 cm³/mol. The highest BCUT2D eigenvalue weighted by Crippen LogP contribution is 2.17. The first kappa shape index (κ1) is 8.89. The molecule has 6 nitrogen and oxygen atoms in total. The monoisotopic (exact) mass is 193 g/mol. The van der Waals surface area contributed by atoms with E-state index in [4.69, 9.17) is 10.2 Å². The summed E-state index contributed by atoms with van der Waals surface area (Å²) in [5.74, 6) is 1.93. The van der Waals surface area contributed by atoms with E-state index in [1.165, 1.54) is 4.80 Å². The van der Waals surface area contributed by atoms with Crippen LogP contribution in [0, 0.1) is 6.92 Å². The summed E-state index contributed by atoms with van der Waals surface area (Å²) in [6.45, 7) is 1.86. The zero-order valence-electron chi connectivity index (χ0n) is 8.01. The Hall–Kier alpha value is -1.69. The predicted octanol–water partition coefficient (Wildman–Crippen LogP) is 0.160. The smallest absolute Gasteiger partial charge is 0.199 e. The Kier molecular flexibility index (Phi) is 2.05. The number of rotatable bonds is 2. The number of hydrogen-bond acceptors (Lipinski definition) is 5. The van der Waals surface area contributed by atoms with Gasteiger partial charge in [-0.25, -0.2) is 0 Å². The Morgan fingerprint density at radius 1 is 1.50 bits per heavy atom. The van der Waals surface area contributed by atoms with Crippen molar-refractivity contribution in [1.29, 1.82) is 0 Å². The van der Waals surface area contributed by atoms with Crippen LogP contribution < -0.4 is 5.73 Å². The van der Waals surface area contributed by atoms with Crippen LogP contribution >= 0.6 is 0 Å². The van der Waals surface area contributed by atoms with Crippen LogP contribution in [-0.4, -0.2) is 20.2 Å². The Morgan fingerprint density at radius 2 is 2.29 bits per heavy atom. The van der Waals surface area contributed by atoms with Gasteiger partial charge >= 0.3 is 0 Å². The highest BCUT2D eigenvalue weighted by atomic mass is 16.3. The molecule has 0 saturated carbocycles. The van der Waals surface area contributed by atoms with Gasteiger partial charge in [0.1, 0.15) is 17.6 Å². The summed E-state index contributed by atoms with van der Waals surface area (Å²) >= 11 is 0. The average molecular weight is 193 g/mol. The van der Waals surface area contributed by atoms with E-state index >= 15 is 0 Å². The van der Waals surface area contributed by atoms with Crippen LogP contribution in [0.1, 0.15) is 23.4 Å². The highest BCUT2D eigenvalue weighted by molar-refractivity contribution is 5.14. The standard InChI is InChI=1S/C8H11N5O/c1-5-3-4-6(14-5)7(9)8-10-12-13(2)11-8/h3-4,7H,9H2,1-2H3. The third kappa shape index (κ3) is 1.51. The van der Waals surface area contributed by atoms with Crippen molar-refractivity contribution in [2.45, 2.75) is 13.0 Å². The first-order chi connectivity index (χ1) is 6.66. The van der Waals surface area contributed by atoms with Crippen molar-refractivity contribution < 1.29 is 4.42 Å². The number of aromatic nitrogens is 4. The van der Waals surface area contributed by atoms with E-state index in [2.05, 4.69) is 15.4 Å². The second-order valence-corrected chi connectivity index (χ2v) is 3.06. The van der Waals surface area contributed by atoms with Gasteiger partial charge in [-0.2, -0.15) is 4.80 Å². The number of aryl methyl sites for hydroxylation is 2. The van der Waals surface area contributed by atoms with E-state index < -0.39 is 6.04 Å². The Labute approximate surface area is 80.7 Å². The fourth-order valence-electron chi connectivity index (χ4n) is 1.17. The largest absolute Gasteiger partial charge is 0.464 e. The van der Waals surface area contributed by atoms with Gasteiger partial charge in [-0.3, -0.25) is 0 Å². The molecule has 0 aliphatic carbocycles. The average Bonchev–Trinajstić information content (AvgIpc) is 2.73. The summed E-state index contributed by atoms with van der Waals surface area (Å²) in [6.07, 6.45) is 0. The molecule has 1 unspecified atom stereocenters. The van der Waals surface area contributed by atoms with Crippen molar-refractivity contribution in [2.75, 3.05) is 0 Å². The summed E-state index contributed by atoms with van der Waals surface area (Å²) in [4.78, 5) is 1.37. The van der Waals surface area contributed by atoms with Crippen molar-refractivity contribution in [2.24, 2.45) is 12.8 Å². The number of hydrogen-bond donors (Lipinski definition) is 1. The fraction of sp³-hybridized carbons (Fsp3) is 0.375. The second-order valence-electron chi connectivity index (χ2n) is 3.06. The molecule has 2 N–H and O–H groups in total. The summed E-state index contributed by atoms with van der Waals surface area (Å²) in [5, 5.41) is 11.5. The van der Waals surface area contributed by atoms with E-state index in [0.29, 0.717) is 11.6 Å². The Balaban J connectivity index is 2.28. The zero-order chi connectivity index (χ0) is 10.1. The highest BCUT2D eigenvalue weighted by Gasteiger charge is 2.17. The van der Waals surface area contributed by atoms with Gasteiger partial charge in [-0.15, -0.1) is 10.2 Å². The molecule has 0 aliphatic heterocycles. The van der Waals surface area contributed by atoms with E-state index in [1.54, 1.807) is 7.05 Å². The molecule has 2 heterocycles. The molecule has 0 spiro atoms. The van der Waals surface area contributed by atoms with Crippen LogP contribution in [0.15, 0.2) is 16.5 Å². The lowest BCUT2D eigenvalue weighted by Crippen LogP contribution is -2.13. The third-order valence-corrected chi connectivity index (χ3v) is 1.87. The number of furan rings is 1. The molecule has 0 saturated heterocycles. The molecule has 6 heteroatoms. The molecule has 2 aromatic rings. The molecule has 2 aromatic heterocycles. The Bertz CT molecular complexity index is 392. The zero-order valence-corrected chi connectivity index (χ0v) is 8.01. The first-order valence-electron chi connectivity index (χ1n) is 4.22. The van der Waals surface area contributed by atoms with Crippen LogP contribution in [0.3, 0.4) is 0 Å². The number of nitrogens with zero attached hydrogens (tertiary/aromatic N) is 4. The van der Waals surface area contributed by atoms with Crippen LogP contribution in [0.2, 0.25) is 0 Å². The van der Waals surface area contributed by atoms with Crippen LogP contribution in [0.4, 0.5) is 0 Å². The van der Waals surface area contributed by atoms with Gasteiger partial charge in [-0.1, -0.05) is 0 Å². The lowest BCUT2D eigenvalue weighted by Gasteiger charge is -2.01. The second kappa shape index (κ2) is 3.22. The molecule has 0 aromatic carbocycles. The molecular formula is C8H11N5O. The van der Waals surface area contributed by atoms with Gasteiger partial charge in [0.2, 0.25) is 0 Å². The van der Waals surface area contributed by atoms with Gasteiger partial charge in [0.05, 0.1) is 7.05 Å². The van der Waals surface area contributed by atoms with E-state index in [9.17, 15) is 0 Å². The van der Waals surface area contributed by atoms with Crippen molar-refractivity contribution in [1.82, 2.24) is 20.2 Å². The minimum Gasteiger partial charge on any atom is -0.464 e. The molecule has 0 radical (unpaired) electrons. The van der Waals surface area contributed by atoms with E-state index in [0.717, 1.165) is 5.76 Å². The molecular weight excluding hydrogens is 182 g/mol. The van der Waals surface area contributed by atoms with Crippen molar-refractivity contribution in [3.63, 3.8) is 0 Å². The molecule has 2 rings (SSSR count). The van der Waals surface area contributed by atoms with Crippen molar-refractivity contribution in [3.8, 4) is 0 Å². The van der Waals surface area contributed by atoms with E-state index in [-0.39, 0.29) is 0 Å². The normalized spacial score (nSPS) is 13.1. The number of tetrazole rings is 1. The minimum atomic E-state index is -0.447. The minimum absolute atomic E-state index is 0.447. The quantitative estimate of drug-likeness (QED) is 0.734. The summed E-state index contributed by atoms with van der Waals surface area (Å²) in [5.41, 5.74) is 5.87. The topological polar surface area (TPSA) is 82.8 Å². The molecule has 74 valence electrons.